The van der Waals surface area contributed by atoms with Gasteiger partial charge in [0.25, 0.3) is 0 Å². The predicted molar refractivity (Wildman–Crippen MR) is 135 cm³/mol. The van der Waals surface area contributed by atoms with Crippen LogP contribution < -0.4 is 10.1 Å². The smallest absolute Gasteiger partial charge is 0.312 e. The molecule has 1 aromatic heterocycles. The van der Waals surface area contributed by atoms with Gasteiger partial charge in [-0.25, -0.2) is 0 Å². The lowest BCUT2D eigenvalue weighted by Gasteiger charge is -2.24. The second kappa shape index (κ2) is 10.3. The summed E-state index contributed by atoms with van der Waals surface area (Å²) in [6, 6.07) is 20.8. The Balaban J connectivity index is 1.29. The summed E-state index contributed by atoms with van der Waals surface area (Å²) in [7, 11) is 0. The minimum absolute atomic E-state index is 0.146. The topological polar surface area (TPSA) is 47.6 Å². The number of benzene rings is 2. The highest BCUT2D eigenvalue weighted by atomic mass is 35.5. The first kappa shape index (κ1) is 23.8. The molecule has 2 atom stereocenters. The number of halogens is 1. The summed E-state index contributed by atoms with van der Waals surface area (Å²) in [5.41, 5.74) is 3.17. The van der Waals surface area contributed by atoms with Gasteiger partial charge in [0.2, 0.25) is 0 Å². The van der Waals surface area contributed by atoms with Gasteiger partial charge in [-0.1, -0.05) is 48.0 Å². The molecular weight excluding hydrogens is 454 g/mol. The molecule has 1 aliphatic rings. The maximum Gasteiger partial charge on any atom is 0.312 e. The zero-order valence-electron chi connectivity index (χ0n) is 19.3. The molecule has 1 saturated heterocycles. The molecular formula is C27H30ClNO3S. The molecule has 1 unspecified atom stereocenters. The van der Waals surface area contributed by atoms with Crippen molar-refractivity contribution in [3.05, 3.63) is 76.1 Å². The Morgan fingerprint density at radius 3 is 2.30 bits per heavy atom. The highest BCUT2D eigenvalue weighted by molar-refractivity contribution is 7.19. The van der Waals surface area contributed by atoms with Gasteiger partial charge >= 0.3 is 5.97 Å². The zero-order valence-corrected chi connectivity index (χ0v) is 20.8. The molecule has 1 fully saturated rings. The number of hydrogen-bond donors (Lipinski definition) is 1. The van der Waals surface area contributed by atoms with E-state index in [2.05, 4.69) is 47.8 Å². The van der Waals surface area contributed by atoms with E-state index >= 15 is 0 Å². The number of thiophene rings is 1. The number of nitrogens with one attached hydrogen (secondary N) is 1. The van der Waals surface area contributed by atoms with Crippen molar-refractivity contribution < 1.29 is 14.3 Å². The summed E-state index contributed by atoms with van der Waals surface area (Å²) in [5, 5.41) is 3.27. The van der Waals surface area contributed by atoms with Crippen LogP contribution in [0.5, 0.6) is 5.75 Å². The summed E-state index contributed by atoms with van der Waals surface area (Å²) in [6.45, 7) is 6.94. The van der Waals surface area contributed by atoms with Gasteiger partial charge in [-0.05, 0) is 81.1 Å². The van der Waals surface area contributed by atoms with Gasteiger partial charge in [0, 0.05) is 10.8 Å². The molecule has 3 aromatic rings. The molecule has 0 aliphatic carbocycles. The molecule has 0 amide bonds. The Morgan fingerprint density at radius 2 is 1.70 bits per heavy atom. The average molecular weight is 484 g/mol. The van der Waals surface area contributed by atoms with Crippen molar-refractivity contribution in [2.45, 2.75) is 39.8 Å². The van der Waals surface area contributed by atoms with E-state index in [1.165, 1.54) is 21.6 Å². The largest absolute Gasteiger partial charge is 0.493 e. The number of rotatable bonds is 7. The van der Waals surface area contributed by atoms with E-state index in [-0.39, 0.29) is 18.1 Å². The highest BCUT2D eigenvalue weighted by Crippen LogP contribution is 2.31. The number of carbonyl (C=O) groups excluding carboxylic acids is 1. The Bertz CT molecular complexity index is 1070. The van der Waals surface area contributed by atoms with E-state index in [0.717, 1.165) is 29.5 Å². The van der Waals surface area contributed by atoms with Gasteiger partial charge in [0.1, 0.15) is 5.75 Å². The molecule has 0 radical (unpaired) electrons. The third-order valence-electron chi connectivity index (χ3n) is 5.74. The van der Waals surface area contributed by atoms with Crippen LogP contribution in [0.25, 0.3) is 10.4 Å². The van der Waals surface area contributed by atoms with Crippen molar-refractivity contribution in [2.75, 3.05) is 13.2 Å². The fourth-order valence-corrected chi connectivity index (χ4v) is 4.78. The normalized spacial score (nSPS) is 18.3. The van der Waals surface area contributed by atoms with Crippen LogP contribution in [0.1, 0.15) is 38.3 Å². The van der Waals surface area contributed by atoms with Crippen LogP contribution in [0, 0.1) is 11.3 Å². The maximum absolute atomic E-state index is 12.2. The van der Waals surface area contributed by atoms with E-state index in [4.69, 9.17) is 21.1 Å². The molecule has 6 heteroatoms. The number of carbonyl (C=O) groups is 1. The molecule has 1 aliphatic heterocycles. The SMILES string of the molecule is CC(C)(C)C(=O)OC1NCC[C@@H]1COc1ccc(Cc2ccc(-c3ccc(Cl)s3)cc2)cc1. The molecule has 0 spiro atoms. The van der Waals surface area contributed by atoms with Crippen molar-refractivity contribution in [1.29, 1.82) is 0 Å². The van der Waals surface area contributed by atoms with Crippen LogP contribution in [0.4, 0.5) is 0 Å². The Morgan fingerprint density at radius 1 is 1.03 bits per heavy atom. The maximum atomic E-state index is 12.2. The summed E-state index contributed by atoms with van der Waals surface area (Å²) in [5.74, 6) is 0.785. The first-order chi connectivity index (χ1) is 15.8. The van der Waals surface area contributed by atoms with E-state index in [0.29, 0.717) is 6.61 Å². The van der Waals surface area contributed by atoms with Crippen LogP contribution in [0.15, 0.2) is 60.7 Å². The summed E-state index contributed by atoms with van der Waals surface area (Å²) in [6.07, 6.45) is 1.50. The van der Waals surface area contributed by atoms with Gasteiger partial charge < -0.3 is 9.47 Å². The second-order valence-corrected chi connectivity index (χ2v) is 11.2. The molecule has 0 saturated carbocycles. The lowest BCUT2D eigenvalue weighted by Crippen LogP contribution is -2.38. The first-order valence-corrected chi connectivity index (χ1v) is 12.5. The summed E-state index contributed by atoms with van der Waals surface area (Å²) >= 11 is 7.64. The fraction of sp³-hybridized carbons (Fsp3) is 0.370. The molecule has 0 bridgehead atoms. The molecule has 1 N–H and O–H groups in total. The molecule has 2 heterocycles. The minimum Gasteiger partial charge on any atom is -0.493 e. The molecule has 2 aromatic carbocycles. The molecule has 174 valence electrons. The van der Waals surface area contributed by atoms with Crippen LogP contribution in [0.3, 0.4) is 0 Å². The quantitative estimate of drug-likeness (QED) is 0.386. The summed E-state index contributed by atoms with van der Waals surface area (Å²) < 4.78 is 12.5. The van der Waals surface area contributed by atoms with E-state index < -0.39 is 5.41 Å². The Hall–Kier alpha value is -2.34. The number of esters is 1. The third-order valence-corrected chi connectivity index (χ3v) is 7.02. The molecule has 4 rings (SSSR count). The Labute approximate surface area is 204 Å². The van der Waals surface area contributed by atoms with E-state index in [9.17, 15) is 4.79 Å². The van der Waals surface area contributed by atoms with Crippen LogP contribution in [-0.4, -0.2) is 25.3 Å². The first-order valence-electron chi connectivity index (χ1n) is 11.3. The van der Waals surface area contributed by atoms with Crippen molar-refractivity contribution in [3.8, 4) is 16.2 Å². The van der Waals surface area contributed by atoms with Crippen molar-refractivity contribution in [1.82, 2.24) is 5.32 Å². The summed E-state index contributed by atoms with van der Waals surface area (Å²) in [4.78, 5) is 13.4. The van der Waals surface area contributed by atoms with Crippen LogP contribution in [0.2, 0.25) is 4.34 Å². The van der Waals surface area contributed by atoms with E-state index in [1.807, 2.05) is 39.0 Å². The monoisotopic (exact) mass is 483 g/mol. The van der Waals surface area contributed by atoms with Crippen LogP contribution in [-0.2, 0) is 16.0 Å². The molecule has 33 heavy (non-hydrogen) atoms. The van der Waals surface area contributed by atoms with Gasteiger partial charge in [0.05, 0.1) is 16.4 Å². The second-order valence-electron chi connectivity index (χ2n) is 9.51. The fourth-order valence-electron chi connectivity index (χ4n) is 3.73. The van der Waals surface area contributed by atoms with Gasteiger partial charge in [-0.3, -0.25) is 10.1 Å². The van der Waals surface area contributed by atoms with Crippen molar-refractivity contribution in [3.63, 3.8) is 0 Å². The molecule has 4 nitrogen and oxygen atoms in total. The highest BCUT2D eigenvalue weighted by Gasteiger charge is 2.34. The lowest BCUT2D eigenvalue weighted by atomic mass is 9.97. The third kappa shape index (κ3) is 6.38. The van der Waals surface area contributed by atoms with Gasteiger partial charge in [0.15, 0.2) is 6.23 Å². The minimum atomic E-state index is -0.510. The van der Waals surface area contributed by atoms with Crippen molar-refractivity contribution >= 4 is 28.9 Å². The number of ether oxygens (including phenoxy) is 2. The standard InChI is InChI=1S/C27H30ClNO3S/c1-27(2,3)26(30)32-25-21(14-15-29-25)17-31-22-10-6-19(7-11-22)16-18-4-8-20(9-5-18)23-12-13-24(28)33-23/h4-13,21,25,29H,14-17H2,1-3H3/t21-,25?/m1/s1. The Kier molecular flexibility index (Phi) is 7.42. The zero-order chi connectivity index (χ0) is 23.4. The average Bonchev–Trinajstić information content (AvgIpc) is 3.42. The predicted octanol–water partition coefficient (Wildman–Crippen LogP) is 6.56. The van der Waals surface area contributed by atoms with Crippen molar-refractivity contribution in [2.24, 2.45) is 11.3 Å². The lowest BCUT2D eigenvalue weighted by molar-refractivity contribution is -0.162. The van der Waals surface area contributed by atoms with Gasteiger partial charge in [-0.2, -0.15) is 0 Å². The van der Waals surface area contributed by atoms with Crippen LogP contribution >= 0.6 is 22.9 Å². The van der Waals surface area contributed by atoms with Gasteiger partial charge in [-0.15, -0.1) is 11.3 Å². The number of hydrogen-bond acceptors (Lipinski definition) is 5. The van der Waals surface area contributed by atoms with E-state index in [1.54, 1.807) is 11.3 Å².